The van der Waals surface area contributed by atoms with Crippen LogP contribution in [0.15, 0.2) is 23.8 Å². The van der Waals surface area contributed by atoms with Crippen LogP contribution in [-0.2, 0) is 0 Å². The largest absolute Gasteiger partial charge is 0.296 e. The maximum absolute atomic E-state index is 7.64. The Kier molecular flexibility index (Phi) is 3.65. The number of nitrogens with two attached hydrogens (primary N) is 1. The molecule has 0 aromatic rings. The summed E-state index contributed by atoms with van der Waals surface area (Å²) in [4.78, 5) is 2.65. The van der Waals surface area contributed by atoms with Gasteiger partial charge in [-0.25, -0.2) is 0 Å². The molecule has 0 spiro atoms. The molecule has 3 N–H and O–H groups in total. The SMILES string of the molecule is N=C1C=CC(CN2CC[C@H]3CCCC2CC3)=CC1=[NH2+]. The first kappa shape index (κ1) is 12.8. The molecule has 0 aromatic carbocycles. The van der Waals surface area contributed by atoms with Gasteiger partial charge >= 0.3 is 0 Å². The Labute approximate surface area is 115 Å². The van der Waals surface area contributed by atoms with E-state index in [2.05, 4.69) is 11.0 Å². The molecule has 2 fully saturated rings. The molecule has 0 amide bonds. The molecule has 1 saturated carbocycles. The first-order chi connectivity index (χ1) is 9.22. The van der Waals surface area contributed by atoms with E-state index < -0.39 is 0 Å². The van der Waals surface area contributed by atoms with Gasteiger partial charge in [-0.05, 0) is 49.8 Å². The van der Waals surface area contributed by atoms with Crippen LogP contribution in [0.1, 0.15) is 38.5 Å². The number of allylic oxidation sites excluding steroid dienone is 2. The van der Waals surface area contributed by atoms with Crippen molar-refractivity contribution in [2.75, 3.05) is 13.1 Å². The molecule has 3 aliphatic rings. The summed E-state index contributed by atoms with van der Waals surface area (Å²) in [5, 5.41) is 13.5. The summed E-state index contributed by atoms with van der Waals surface area (Å²) in [6.07, 6.45) is 14.2. The van der Waals surface area contributed by atoms with E-state index in [1.807, 2.05) is 12.2 Å². The molecule has 1 heterocycles. The number of rotatable bonds is 2. The summed E-state index contributed by atoms with van der Waals surface area (Å²) in [6, 6.07) is 0.768. The molecule has 3 heteroatoms. The summed E-state index contributed by atoms with van der Waals surface area (Å²) in [6.45, 7) is 2.24. The summed E-state index contributed by atoms with van der Waals surface area (Å²) < 4.78 is 0. The maximum Gasteiger partial charge on any atom is 0.222 e. The fourth-order valence-corrected chi connectivity index (χ4v) is 3.70. The van der Waals surface area contributed by atoms with Crippen molar-refractivity contribution in [3.05, 3.63) is 23.8 Å². The van der Waals surface area contributed by atoms with Crippen LogP contribution < -0.4 is 5.41 Å². The van der Waals surface area contributed by atoms with Gasteiger partial charge in [-0.3, -0.25) is 15.7 Å². The van der Waals surface area contributed by atoms with Crippen LogP contribution in [0.25, 0.3) is 0 Å². The second kappa shape index (κ2) is 5.41. The highest BCUT2D eigenvalue weighted by Crippen LogP contribution is 2.32. The van der Waals surface area contributed by atoms with Gasteiger partial charge in [-0.2, -0.15) is 0 Å². The van der Waals surface area contributed by atoms with Crippen LogP contribution in [0.3, 0.4) is 0 Å². The highest BCUT2D eigenvalue weighted by molar-refractivity contribution is 6.47. The zero-order valence-electron chi connectivity index (χ0n) is 11.6. The van der Waals surface area contributed by atoms with Crippen molar-refractivity contribution in [2.24, 2.45) is 5.92 Å². The van der Waals surface area contributed by atoms with Crippen LogP contribution in [-0.4, -0.2) is 35.5 Å². The predicted octanol–water partition coefficient (Wildman–Crippen LogP) is 1.36. The monoisotopic (exact) mass is 258 g/mol. The third-order valence-electron chi connectivity index (χ3n) is 4.90. The van der Waals surface area contributed by atoms with Gasteiger partial charge in [0, 0.05) is 18.7 Å². The summed E-state index contributed by atoms with van der Waals surface area (Å²) >= 11 is 0. The van der Waals surface area contributed by atoms with Crippen molar-refractivity contribution in [1.82, 2.24) is 4.90 Å². The number of fused-ring (bicyclic) bond motifs is 3. The van der Waals surface area contributed by atoms with Crippen molar-refractivity contribution < 1.29 is 5.41 Å². The van der Waals surface area contributed by atoms with Gasteiger partial charge in [0.15, 0.2) is 0 Å². The number of likely N-dealkylation sites (tertiary alicyclic amines) is 1. The molecule has 19 heavy (non-hydrogen) atoms. The van der Waals surface area contributed by atoms with E-state index >= 15 is 0 Å². The topological polar surface area (TPSA) is 52.7 Å². The lowest BCUT2D eigenvalue weighted by molar-refractivity contribution is -0.108. The zero-order valence-corrected chi connectivity index (χ0v) is 11.6. The third-order valence-corrected chi connectivity index (χ3v) is 4.90. The van der Waals surface area contributed by atoms with E-state index in [-0.39, 0.29) is 0 Å². The average molecular weight is 258 g/mol. The highest BCUT2D eigenvalue weighted by atomic mass is 15.2. The smallest absolute Gasteiger partial charge is 0.222 e. The minimum atomic E-state index is 0.442. The van der Waals surface area contributed by atoms with Crippen LogP contribution in [0.5, 0.6) is 0 Å². The summed E-state index contributed by atoms with van der Waals surface area (Å²) in [5.41, 5.74) is 2.31. The lowest BCUT2D eigenvalue weighted by atomic mass is 9.97. The molecule has 3 rings (SSSR count). The van der Waals surface area contributed by atoms with E-state index in [4.69, 9.17) is 10.8 Å². The quantitative estimate of drug-likeness (QED) is 0.722. The van der Waals surface area contributed by atoms with Crippen molar-refractivity contribution in [3.8, 4) is 0 Å². The Balaban J connectivity index is 1.69. The predicted molar refractivity (Wildman–Crippen MR) is 78.4 cm³/mol. The summed E-state index contributed by atoms with van der Waals surface area (Å²) in [5.74, 6) is 0.968. The van der Waals surface area contributed by atoms with Gasteiger partial charge in [0.2, 0.25) is 5.71 Å². The first-order valence-corrected chi connectivity index (χ1v) is 7.56. The number of nitrogens with zero attached hydrogens (tertiary/aromatic N) is 1. The van der Waals surface area contributed by atoms with Crippen LogP contribution in [0.4, 0.5) is 0 Å². The molecule has 0 aromatic heterocycles. The minimum absolute atomic E-state index is 0.442. The van der Waals surface area contributed by atoms with Gasteiger partial charge in [0.25, 0.3) is 0 Å². The Bertz CT molecular complexity index is 447. The fourth-order valence-electron chi connectivity index (χ4n) is 3.70. The Hall–Kier alpha value is -1.22. The average Bonchev–Trinajstić information content (AvgIpc) is 2.72. The normalized spacial score (nSPS) is 32.1. The Morgan fingerprint density at radius 2 is 2.05 bits per heavy atom. The van der Waals surface area contributed by atoms with Crippen molar-refractivity contribution in [1.29, 1.82) is 5.41 Å². The molecule has 2 aliphatic carbocycles. The first-order valence-electron chi connectivity index (χ1n) is 7.56. The molecule has 102 valence electrons. The van der Waals surface area contributed by atoms with E-state index in [0.717, 1.165) is 18.5 Å². The van der Waals surface area contributed by atoms with Crippen molar-refractivity contribution >= 4 is 11.4 Å². The second-order valence-corrected chi connectivity index (χ2v) is 6.21. The van der Waals surface area contributed by atoms with Gasteiger partial charge in [-0.15, -0.1) is 0 Å². The molecule has 3 nitrogen and oxygen atoms in total. The molecule has 1 aliphatic heterocycles. The standard InChI is InChI=1S/C16H23N3/c17-15-7-5-13(10-16(15)18)11-19-9-8-12-2-1-3-14(19)6-4-12/h5,7,10,12,14,17-18H,1-4,6,8-9,11H2/p+1/t12-,14?/m0/s1. The van der Waals surface area contributed by atoms with Crippen LogP contribution in [0.2, 0.25) is 0 Å². The molecular weight excluding hydrogens is 234 g/mol. The molecule has 1 unspecified atom stereocenters. The molecule has 2 bridgehead atoms. The summed E-state index contributed by atoms with van der Waals surface area (Å²) in [7, 11) is 0. The molecule has 1 saturated heterocycles. The van der Waals surface area contributed by atoms with E-state index in [0.29, 0.717) is 11.4 Å². The number of hydrogen-bond donors (Lipinski definition) is 2. The maximum atomic E-state index is 7.64. The molecule has 0 radical (unpaired) electrons. The third kappa shape index (κ3) is 2.86. The fraction of sp³-hybridized carbons (Fsp3) is 0.625. The molecule has 2 atom stereocenters. The van der Waals surface area contributed by atoms with E-state index in [1.165, 1.54) is 50.6 Å². The van der Waals surface area contributed by atoms with Crippen molar-refractivity contribution in [3.63, 3.8) is 0 Å². The van der Waals surface area contributed by atoms with Gasteiger partial charge in [0.1, 0.15) is 5.71 Å². The number of hydrogen-bond acceptors (Lipinski definition) is 2. The lowest BCUT2D eigenvalue weighted by Crippen LogP contribution is -2.44. The zero-order chi connectivity index (χ0) is 13.2. The van der Waals surface area contributed by atoms with Gasteiger partial charge in [-0.1, -0.05) is 18.9 Å². The Morgan fingerprint density at radius 3 is 2.89 bits per heavy atom. The van der Waals surface area contributed by atoms with Gasteiger partial charge in [0.05, 0.1) is 0 Å². The second-order valence-electron chi connectivity index (χ2n) is 6.21. The highest BCUT2D eigenvalue weighted by Gasteiger charge is 2.28. The number of nitrogens with one attached hydrogen (secondary N) is 1. The lowest BCUT2D eigenvalue weighted by Gasteiger charge is -2.31. The van der Waals surface area contributed by atoms with E-state index in [9.17, 15) is 0 Å². The molecular formula is C16H24N3+. The van der Waals surface area contributed by atoms with Crippen LogP contribution in [0, 0.1) is 11.3 Å². The Morgan fingerprint density at radius 1 is 1.16 bits per heavy atom. The van der Waals surface area contributed by atoms with Crippen molar-refractivity contribution in [2.45, 2.75) is 44.6 Å². The van der Waals surface area contributed by atoms with Gasteiger partial charge < -0.3 is 0 Å². The van der Waals surface area contributed by atoms with E-state index in [1.54, 1.807) is 0 Å². The van der Waals surface area contributed by atoms with Crippen LogP contribution >= 0.6 is 0 Å². The minimum Gasteiger partial charge on any atom is -0.296 e.